The molecule has 0 radical (unpaired) electrons. The molecule has 0 aliphatic rings. The average Bonchev–Trinajstić information content (AvgIpc) is 2.30. The summed E-state index contributed by atoms with van der Waals surface area (Å²) in [6.07, 6.45) is -1.31. The highest BCUT2D eigenvalue weighted by molar-refractivity contribution is 7.99. The quantitative estimate of drug-likeness (QED) is 0.621. The van der Waals surface area contributed by atoms with Gasteiger partial charge in [-0.05, 0) is 36.4 Å². The largest absolute Gasteiger partial charge is 0.416 e. The van der Waals surface area contributed by atoms with Crippen LogP contribution in [0.4, 0.5) is 13.2 Å². The van der Waals surface area contributed by atoms with Crippen LogP contribution in [0, 0.1) is 6.92 Å². The third-order valence-corrected chi connectivity index (χ3v) is 3.06. The van der Waals surface area contributed by atoms with Crippen LogP contribution in [0.25, 0.3) is 0 Å². The minimum absolute atomic E-state index is 0.101. The lowest BCUT2D eigenvalue weighted by Gasteiger charge is -2.08. The Morgan fingerprint density at radius 1 is 1.16 bits per heavy atom. The summed E-state index contributed by atoms with van der Waals surface area (Å²) in [5.41, 5.74) is 0.0153. The predicted octanol–water partition coefficient (Wildman–Crippen LogP) is 4.00. The molecule has 2 heterocycles. The van der Waals surface area contributed by atoms with Crippen molar-refractivity contribution >= 4 is 23.4 Å². The number of hydrogen-bond acceptors (Lipinski definition) is 4. The number of halogens is 4. The maximum absolute atomic E-state index is 12.6. The van der Waals surface area contributed by atoms with Crippen LogP contribution < -0.4 is 0 Å². The Labute approximate surface area is 116 Å². The molecule has 100 valence electrons. The van der Waals surface area contributed by atoms with Crippen LogP contribution in [0.2, 0.25) is 5.15 Å². The van der Waals surface area contributed by atoms with Crippen LogP contribution >= 0.6 is 23.4 Å². The SMILES string of the molecule is Cc1cnc(Sc2cc(C(F)(F)F)cc(Cl)n2)nc1. The van der Waals surface area contributed by atoms with Crippen LogP contribution in [-0.2, 0) is 6.18 Å². The van der Waals surface area contributed by atoms with Crippen molar-refractivity contribution in [3.05, 3.63) is 40.8 Å². The molecule has 8 heteroatoms. The molecule has 19 heavy (non-hydrogen) atoms. The van der Waals surface area contributed by atoms with Crippen molar-refractivity contribution in [2.24, 2.45) is 0 Å². The van der Waals surface area contributed by atoms with Crippen LogP contribution in [-0.4, -0.2) is 15.0 Å². The van der Waals surface area contributed by atoms with Crippen molar-refractivity contribution in [3.63, 3.8) is 0 Å². The van der Waals surface area contributed by atoms with Crippen molar-refractivity contribution in [2.75, 3.05) is 0 Å². The highest BCUT2D eigenvalue weighted by Crippen LogP contribution is 2.34. The second-order valence-electron chi connectivity index (χ2n) is 3.66. The van der Waals surface area contributed by atoms with Gasteiger partial charge in [0.05, 0.1) is 5.56 Å². The normalized spacial score (nSPS) is 11.6. The van der Waals surface area contributed by atoms with E-state index in [0.29, 0.717) is 5.16 Å². The first kappa shape index (κ1) is 14.1. The van der Waals surface area contributed by atoms with Gasteiger partial charge < -0.3 is 0 Å². The van der Waals surface area contributed by atoms with Crippen LogP contribution in [0.15, 0.2) is 34.7 Å². The van der Waals surface area contributed by atoms with Gasteiger partial charge in [-0.25, -0.2) is 15.0 Å². The molecule has 0 amide bonds. The standard InChI is InChI=1S/C11H7ClF3N3S/c1-6-4-16-10(17-5-6)19-9-3-7(11(13,14)15)2-8(12)18-9/h2-5H,1H3. The fraction of sp³-hybridized carbons (Fsp3) is 0.182. The van der Waals surface area contributed by atoms with Gasteiger partial charge in [0.15, 0.2) is 5.16 Å². The fourth-order valence-corrected chi connectivity index (χ4v) is 2.20. The molecule has 0 bridgehead atoms. The summed E-state index contributed by atoms with van der Waals surface area (Å²) < 4.78 is 37.8. The number of pyridine rings is 1. The second-order valence-corrected chi connectivity index (χ2v) is 5.03. The van der Waals surface area contributed by atoms with Crippen molar-refractivity contribution in [1.82, 2.24) is 15.0 Å². The van der Waals surface area contributed by atoms with E-state index in [2.05, 4.69) is 15.0 Å². The number of aromatic nitrogens is 3. The number of nitrogens with zero attached hydrogens (tertiary/aromatic N) is 3. The summed E-state index contributed by atoms with van der Waals surface area (Å²) in [6, 6.07) is 1.70. The zero-order valence-electron chi connectivity index (χ0n) is 9.57. The summed E-state index contributed by atoms with van der Waals surface area (Å²) in [5.74, 6) is 0. The smallest absolute Gasteiger partial charge is 0.231 e. The lowest BCUT2D eigenvalue weighted by molar-refractivity contribution is -0.137. The highest BCUT2D eigenvalue weighted by Gasteiger charge is 2.31. The summed E-state index contributed by atoms with van der Waals surface area (Å²) in [6.45, 7) is 1.81. The Hall–Kier alpha value is -1.34. The number of rotatable bonds is 2. The Kier molecular flexibility index (Phi) is 3.96. The van der Waals surface area contributed by atoms with Crippen LogP contribution in [0.3, 0.4) is 0 Å². The van der Waals surface area contributed by atoms with Gasteiger partial charge in [-0.15, -0.1) is 0 Å². The van der Waals surface area contributed by atoms with Crippen molar-refractivity contribution in [2.45, 2.75) is 23.3 Å². The number of hydrogen-bond donors (Lipinski definition) is 0. The van der Waals surface area contributed by atoms with Gasteiger partial charge in [0, 0.05) is 12.4 Å². The van der Waals surface area contributed by atoms with Gasteiger partial charge in [-0.1, -0.05) is 11.6 Å². The zero-order chi connectivity index (χ0) is 14.0. The van der Waals surface area contributed by atoms with Crippen LogP contribution in [0.5, 0.6) is 0 Å². The first-order valence-electron chi connectivity index (χ1n) is 5.06. The monoisotopic (exact) mass is 305 g/mol. The number of aryl methyl sites for hydroxylation is 1. The molecule has 0 fully saturated rings. The lowest BCUT2D eigenvalue weighted by atomic mass is 10.3. The van der Waals surface area contributed by atoms with E-state index in [0.717, 1.165) is 29.5 Å². The summed E-state index contributed by atoms with van der Waals surface area (Å²) in [7, 11) is 0. The zero-order valence-corrected chi connectivity index (χ0v) is 11.1. The van der Waals surface area contributed by atoms with E-state index < -0.39 is 11.7 Å². The first-order chi connectivity index (χ1) is 8.84. The van der Waals surface area contributed by atoms with Gasteiger partial charge in [-0.2, -0.15) is 13.2 Å². The molecule has 2 aromatic rings. The van der Waals surface area contributed by atoms with Crippen molar-refractivity contribution in [3.8, 4) is 0 Å². The maximum Gasteiger partial charge on any atom is 0.416 e. The first-order valence-corrected chi connectivity index (χ1v) is 6.25. The molecule has 3 nitrogen and oxygen atoms in total. The Morgan fingerprint density at radius 2 is 1.79 bits per heavy atom. The van der Waals surface area contributed by atoms with E-state index in [1.54, 1.807) is 12.4 Å². The van der Waals surface area contributed by atoms with E-state index >= 15 is 0 Å². The van der Waals surface area contributed by atoms with E-state index in [9.17, 15) is 13.2 Å². The minimum atomic E-state index is -4.46. The Morgan fingerprint density at radius 3 is 2.37 bits per heavy atom. The summed E-state index contributed by atoms with van der Waals surface area (Å²) in [5, 5.41) is 0.196. The second kappa shape index (κ2) is 5.34. The molecule has 0 saturated carbocycles. The van der Waals surface area contributed by atoms with Gasteiger partial charge >= 0.3 is 6.18 Å². The van der Waals surface area contributed by atoms with E-state index in [4.69, 9.17) is 11.6 Å². The molecule has 2 rings (SSSR count). The van der Waals surface area contributed by atoms with Gasteiger partial charge in [-0.3, -0.25) is 0 Å². The topological polar surface area (TPSA) is 38.7 Å². The molecular weight excluding hydrogens is 299 g/mol. The molecule has 2 aromatic heterocycles. The number of alkyl halides is 3. The molecule has 0 aromatic carbocycles. The predicted molar refractivity (Wildman–Crippen MR) is 65.1 cm³/mol. The Bertz CT molecular complexity index is 587. The Balaban J connectivity index is 2.30. The fourth-order valence-electron chi connectivity index (χ4n) is 1.22. The van der Waals surface area contributed by atoms with E-state index in [1.165, 1.54) is 0 Å². The molecule has 0 saturated heterocycles. The maximum atomic E-state index is 12.6. The molecule has 0 spiro atoms. The van der Waals surface area contributed by atoms with Crippen molar-refractivity contribution < 1.29 is 13.2 Å². The highest BCUT2D eigenvalue weighted by atomic mass is 35.5. The molecule has 0 aliphatic heterocycles. The molecule has 0 N–H and O–H groups in total. The molecule has 0 aliphatic carbocycles. The van der Waals surface area contributed by atoms with Crippen molar-refractivity contribution in [1.29, 1.82) is 0 Å². The lowest BCUT2D eigenvalue weighted by Crippen LogP contribution is -2.05. The summed E-state index contributed by atoms with van der Waals surface area (Å²) in [4.78, 5) is 11.8. The van der Waals surface area contributed by atoms with E-state index in [1.807, 2.05) is 6.92 Å². The van der Waals surface area contributed by atoms with Gasteiger partial charge in [0.1, 0.15) is 10.2 Å². The van der Waals surface area contributed by atoms with E-state index in [-0.39, 0.29) is 10.2 Å². The van der Waals surface area contributed by atoms with Crippen LogP contribution in [0.1, 0.15) is 11.1 Å². The minimum Gasteiger partial charge on any atom is -0.231 e. The van der Waals surface area contributed by atoms with Gasteiger partial charge in [0.25, 0.3) is 0 Å². The molecular formula is C11H7ClF3N3S. The third kappa shape index (κ3) is 3.81. The molecule has 0 atom stereocenters. The summed E-state index contributed by atoms with van der Waals surface area (Å²) >= 11 is 6.51. The van der Waals surface area contributed by atoms with Gasteiger partial charge in [0.2, 0.25) is 0 Å². The third-order valence-electron chi connectivity index (χ3n) is 2.05. The average molecular weight is 306 g/mol. The molecule has 0 unspecified atom stereocenters.